The quantitative estimate of drug-likeness (QED) is 0.758. The molecular formula is C19H22BrFN2O. The monoisotopic (exact) mass is 392 g/mol. The van der Waals surface area contributed by atoms with E-state index in [0.717, 1.165) is 25.2 Å². The van der Waals surface area contributed by atoms with E-state index in [1.807, 2.05) is 18.2 Å². The van der Waals surface area contributed by atoms with Gasteiger partial charge in [0.2, 0.25) is 0 Å². The molecule has 0 aliphatic carbocycles. The van der Waals surface area contributed by atoms with Gasteiger partial charge in [0.25, 0.3) is 5.91 Å². The normalized spacial score (nSPS) is 10.9. The zero-order valence-corrected chi connectivity index (χ0v) is 15.6. The lowest BCUT2D eigenvalue weighted by Crippen LogP contribution is -2.26. The number of nitrogens with zero attached hydrogens (tertiary/aromatic N) is 1. The molecule has 0 heterocycles. The lowest BCUT2D eigenvalue weighted by Gasteiger charge is -2.20. The molecule has 0 unspecified atom stereocenters. The fourth-order valence-corrected chi connectivity index (χ4v) is 2.88. The van der Waals surface area contributed by atoms with E-state index >= 15 is 0 Å². The van der Waals surface area contributed by atoms with E-state index in [0.29, 0.717) is 11.0 Å². The molecule has 0 fully saturated rings. The number of hydrogen-bond donors (Lipinski definition) is 1. The molecule has 2 rings (SSSR count). The molecule has 0 bridgehead atoms. The number of carbonyl (C=O) groups excluding carboxylic acids is 1. The van der Waals surface area contributed by atoms with E-state index in [1.54, 1.807) is 6.07 Å². The van der Waals surface area contributed by atoms with Gasteiger partial charge in [-0.3, -0.25) is 9.69 Å². The maximum absolute atomic E-state index is 13.8. The molecule has 5 heteroatoms. The van der Waals surface area contributed by atoms with Crippen LogP contribution in [0, 0.1) is 5.82 Å². The van der Waals surface area contributed by atoms with Crippen molar-refractivity contribution in [1.82, 2.24) is 10.2 Å². The van der Waals surface area contributed by atoms with Crippen LogP contribution >= 0.6 is 15.9 Å². The highest BCUT2D eigenvalue weighted by Crippen LogP contribution is 2.16. The third-order valence-corrected chi connectivity index (χ3v) is 4.51. The Kier molecular flexibility index (Phi) is 6.94. The Balaban J connectivity index is 2.09. The minimum atomic E-state index is -0.521. The van der Waals surface area contributed by atoms with Crippen LogP contribution in [0.4, 0.5) is 4.39 Å². The number of rotatable bonds is 7. The summed E-state index contributed by atoms with van der Waals surface area (Å²) in [6.07, 6.45) is 0. The minimum absolute atomic E-state index is 0.0469. The highest BCUT2D eigenvalue weighted by Gasteiger charge is 2.13. The first kappa shape index (κ1) is 18.6. The van der Waals surface area contributed by atoms with Crippen molar-refractivity contribution in [3.05, 3.63) is 69.4 Å². The summed E-state index contributed by atoms with van der Waals surface area (Å²) in [6, 6.07) is 12.4. The standard InChI is InChI=1S/C19H22BrFN2O/c1-3-23(4-2)13-15-8-6-5-7-14(15)12-22-19(24)17-11-16(20)9-10-18(17)21/h5-11H,3-4,12-13H2,1-2H3,(H,22,24). The summed E-state index contributed by atoms with van der Waals surface area (Å²) in [5.74, 6) is -0.932. The van der Waals surface area contributed by atoms with Crippen molar-refractivity contribution < 1.29 is 9.18 Å². The smallest absolute Gasteiger partial charge is 0.254 e. The average molecular weight is 393 g/mol. The van der Waals surface area contributed by atoms with Crippen LogP contribution < -0.4 is 5.32 Å². The molecule has 3 nitrogen and oxygen atoms in total. The maximum Gasteiger partial charge on any atom is 0.254 e. The van der Waals surface area contributed by atoms with E-state index in [4.69, 9.17) is 0 Å². The van der Waals surface area contributed by atoms with Gasteiger partial charge in [-0.2, -0.15) is 0 Å². The van der Waals surface area contributed by atoms with Crippen LogP contribution in [0.3, 0.4) is 0 Å². The predicted octanol–water partition coefficient (Wildman–Crippen LogP) is 4.36. The third-order valence-electron chi connectivity index (χ3n) is 4.02. The summed E-state index contributed by atoms with van der Waals surface area (Å²) in [7, 11) is 0. The second-order valence-corrected chi connectivity index (χ2v) is 6.45. The number of benzene rings is 2. The Bertz CT molecular complexity index is 702. The second-order valence-electron chi connectivity index (χ2n) is 5.54. The van der Waals surface area contributed by atoms with Gasteiger partial charge in [0, 0.05) is 17.6 Å². The number of carbonyl (C=O) groups is 1. The first-order valence-corrected chi connectivity index (χ1v) is 8.86. The van der Waals surface area contributed by atoms with Gasteiger partial charge < -0.3 is 5.32 Å². The molecule has 2 aromatic carbocycles. The van der Waals surface area contributed by atoms with Crippen molar-refractivity contribution in [1.29, 1.82) is 0 Å². The molecule has 24 heavy (non-hydrogen) atoms. The topological polar surface area (TPSA) is 32.3 Å². The summed E-state index contributed by atoms with van der Waals surface area (Å²) in [5.41, 5.74) is 2.27. The van der Waals surface area contributed by atoms with E-state index in [-0.39, 0.29) is 5.56 Å². The van der Waals surface area contributed by atoms with Crippen LogP contribution in [0.2, 0.25) is 0 Å². The molecule has 0 saturated heterocycles. The molecule has 0 spiro atoms. The first-order valence-electron chi connectivity index (χ1n) is 8.07. The van der Waals surface area contributed by atoms with Gasteiger partial charge in [-0.05, 0) is 42.4 Å². The minimum Gasteiger partial charge on any atom is -0.348 e. The lowest BCUT2D eigenvalue weighted by molar-refractivity contribution is 0.0946. The molecule has 1 amide bonds. The van der Waals surface area contributed by atoms with Crippen LogP contribution in [0.1, 0.15) is 35.3 Å². The molecule has 128 valence electrons. The summed E-state index contributed by atoms with van der Waals surface area (Å²) in [5, 5.41) is 2.81. The van der Waals surface area contributed by atoms with Gasteiger partial charge in [-0.15, -0.1) is 0 Å². The Morgan fingerprint density at radius 1 is 1.12 bits per heavy atom. The summed E-state index contributed by atoms with van der Waals surface area (Å²) in [6.45, 7) is 7.42. The molecule has 1 N–H and O–H groups in total. The molecule has 2 aromatic rings. The molecule has 0 aromatic heterocycles. The van der Waals surface area contributed by atoms with E-state index < -0.39 is 11.7 Å². The van der Waals surface area contributed by atoms with Crippen molar-refractivity contribution in [2.45, 2.75) is 26.9 Å². The van der Waals surface area contributed by atoms with Gasteiger partial charge >= 0.3 is 0 Å². The second kappa shape index (κ2) is 8.94. The van der Waals surface area contributed by atoms with Gasteiger partial charge in [0.15, 0.2) is 0 Å². The zero-order chi connectivity index (χ0) is 17.5. The van der Waals surface area contributed by atoms with Gasteiger partial charge in [0.05, 0.1) is 5.56 Å². The largest absolute Gasteiger partial charge is 0.348 e. The highest BCUT2D eigenvalue weighted by atomic mass is 79.9. The van der Waals surface area contributed by atoms with Crippen LogP contribution in [-0.2, 0) is 13.1 Å². The average Bonchev–Trinajstić information content (AvgIpc) is 2.60. The van der Waals surface area contributed by atoms with Gasteiger partial charge in [-0.25, -0.2) is 4.39 Å². The van der Waals surface area contributed by atoms with Crippen molar-refractivity contribution >= 4 is 21.8 Å². The van der Waals surface area contributed by atoms with Crippen LogP contribution in [0.15, 0.2) is 46.9 Å². The predicted molar refractivity (Wildman–Crippen MR) is 98.3 cm³/mol. The summed E-state index contributed by atoms with van der Waals surface area (Å²) in [4.78, 5) is 14.6. The zero-order valence-electron chi connectivity index (χ0n) is 14.0. The van der Waals surface area contributed by atoms with Gasteiger partial charge in [0.1, 0.15) is 5.82 Å². The van der Waals surface area contributed by atoms with Crippen molar-refractivity contribution in [2.24, 2.45) is 0 Å². The Hall–Kier alpha value is -1.72. The lowest BCUT2D eigenvalue weighted by atomic mass is 10.1. The van der Waals surface area contributed by atoms with E-state index in [1.165, 1.54) is 17.7 Å². The van der Waals surface area contributed by atoms with Crippen LogP contribution in [0.5, 0.6) is 0 Å². The molecule has 0 radical (unpaired) electrons. The Labute approximate surface area is 151 Å². The summed E-state index contributed by atoms with van der Waals surface area (Å²) < 4.78 is 14.5. The van der Waals surface area contributed by atoms with Crippen molar-refractivity contribution in [3.63, 3.8) is 0 Å². The summed E-state index contributed by atoms with van der Waals surface area (Å²) >= 11 is 3.26. The third kappa shape index (κ3) is 4.89. The molecule has 0 saturated carbocycles. The van der Waals surface area contributed by atoms with E-state index in [2.05, 4.69) is 46.1 Å². The number of nitrogens with one attached hydrogen (secondary N) is 1. The molecular weight excluding hydrogens is 371 g/mol. The number of halogens is 2. The first-order chi connectivity index (χ1) is 11.5. The Morgan fingerprint density at radius 2 is 1.79 bits per heavy atom. The van der Waals surface area contributed by atoms with E-state index in [9.17, 15) is 9.18 Å². The fourth-order valence-electron chi connectivity index (χ4n) is 2.51. The van der Waals surface area contributed by atoms with Crippen molar-refractivity contribution in [2.75, 3.05) is 13.1 Å². The molecule has 0 aliphatic rings. The number of hydrogen-bond acceptors (Lipinski definition) is 2. The van der Waals surface area contributed by atoms with Gasteiger partial charge in [-0.1, -0.05) is 54.0 Å². The Morgan fingerprint density at radius 3 is 2.46 bits per heavy atom. The van der Waals surface area contributed by atoms with Crippen LogP contribution in [-0.4, -0.2) is 23.9 Å². The van der Waals surface area contributed by atoms with Crippen molar-refractivity contribution in [3.8, 4) is 0 Å². The maximum atomic E-state index is 13.8. The SMILES string of the molecule is CCN(CC)Cc1ccccc1CNC(=O)c1cc(Br)ccc1F. The molecule has 0 aliphatic heterocycles. The molecule has 0 atom stereocenters. The fraction of sp³-hybridized carbons (Fsp3) is 0.316. The van der Waals surface area contributed by atoms with Crippen LogP contribution in [0.25, 0.3) is 0 Å². The number of amides is 1. The highest BCUT2D eigenvalue weighted by molar-refractivity contribution is 9.10.